The Morgan fingerprint density at radius 2 is 1.94 bits per heavy atom. The van der Waals surface area contributed by atoms with Gasteiger partial charge in [0.25, 0.3) is 0 Å². The summed E-state index contributed by atoms with van der Waals surface area (Å²) >= 11 is 5.58. The minimum atomic E-state index is -4.53. The molecule has 0 N–H and O–H groups in total. The Bertz CT molecular complexity index is 562. The minimum Gasteiger partial charge on any atom is -0.240 e. The topological polar surface area (TPSA) is 17.8 Å². The molecule has 2 aromatic rings. The Hall–Kier alpha value is -1.56. The standard InChI is InChI=1S/C11H7ClF4N2/c12-6-7-8(13)2-1-3-9(7)18-5-4-10(17-18)11(14,15)16/h1-5H,6H2. The van der Waals surface area contributed by atoms with Crippen molar-refractivity contribution >= 4 is 11.6 Å². The number of alkyl halides is 4. The molecule has 0 spiro atoms. The lowest BCUT2D eigenvalue weighted by Gasteiger charge is -2.08. The van der Waals surface area contributed by atoms with Crippen LogP contribution in [0.2, 0.25) is 0 Å². The van der Waals surface area contributed by atoms with Crippen LogP contribution in [-0.2, 0) is 12.1 Å². The van der Waals surface area contributed by atoms with Gasteiger partial charge in [-0.1, -0.05) is 6.07 Å². The van der Waals surface area contributed by atoms with Crippen LogP contribution in [0, 0.1) is 5.82 Å². The number of nitrogens with zero attached hydrogens (tertiary/aromatic N) is 2. The molecule has 7 heteroatoms. The van der Waals surface area contributed by atoms with E-state index in [1.54, 1.807) is 0 Å². The molecular formula is C11H7ClF4N2. The fourth-order valence-corrected chi connectivity index (χ4v) is 1.77. The van der Waals surface area contributed by atoms with Crippen LogP contribution in [0.4, 0.5) is 17.6 Å². The SMILES string of the molecule is Fc1cccc(-n2ccc(C(F)(F)F)n2)c1CCl. The monoisotopic (exact) mass is 278 g/mol. The van der Waals surface area contributed by atoms with Gasteiger partial charge in [-0.25, -0.2) is 9.07 Å². The van der Waals surface area contributed by atoms with Gasteiger partial charge in [0.05, 0.1) is 11.6 Å². The average molecular weight is 279 g/mol. The summed E-state index contributed by atoms with van der Waals surface area (Å²) in [5.74, 6) is -0.727. The Balaban J connectivity index is 2.50. The van der Waals surface area contributed by atoms with E-state index in [-0.39, 0.29) is 17.1 Å². The Morgan fingerprint density at radius 1 is 1.22 bits per heavy atom. The molecule has 96 valence electrons. The van der Waals surface area contributed by atoms with Crippen molar-refractivity contribution in [2.24, 2.45) is 0 Å². The van der Waals surface area contributed by atoms with Crippen molar-refractivity contribution < 1.29 is 17.6 Å². The second kappa shape index (κ2) is 4.61. The molecule has 0 unspecified atom stereocenters. The molecule has 0 bridgehead atoms. The maximum Gasteiger partial charge on any atom is 0.435 e. The van der Waals surface area contributed by atoms with Crippen molar-refractivity contribution in [1.29, 1.82) is 0 Å². The lowest BCUT2D eigenvalue weighted by Crippen LogP contribution is -2.08. The molecule has 2 nitrogen and oxygen atoms in total. The average Bonchev–Trinajstić information content (AvgIpc) is 2.77. The first-order valence-electron chi connectivity index (χ1n) is 4.90. The summed E-state index contributed by atoms with van der Waals surface area (Å²) < 4.78 is 51.6. The molecule has 2 rings (SSSR count). The van der Waals surface area contributed by atoms with E-state index in [1.165, 1.54) is 18.2 Å². The number of hydrogen-bond donors (Lipinski definition) is 0. The van der Waals surface area contributed by atoms with Gasteiger partial charge in [0.1, 0.15) is 5.82 Å². The highest BCUT2D eigenvalue weighted by Gasteiger charge is 2.33. The third-order valence-electron chi connectivity index (χ3n) is 2.35. The predicted octanol–water partition coefficient (Wildman–Crippen LogP) is 3.77. The maximum absolute atomic E-state index is 13.4. The van der Waals surface area contributed by atoms with Crippen LogP contribution in [0.25, 0.3) is 5.69 Å². The first-order valence-corrected chi connectivity index (χ1v) is 5.43. The van der Waals surface area contributed by atoms with Crippen LogP contribution in [0.15, 0.2) is 30.5 Å². The summed E-state index contributed by atoms with van der Waals surface area (Å²) in [6.07, 6.45) is -3.41. The number of rotatable bonds is 2. The Labute approximate surface area is 105 Å². The highest BCUT2D eigenvalue weighted by molar-refractivity contribution is 6.17. The Kier molecular flexibility index (Phi) is 3.30. The first-order chi connectivity index (χ1) is 8.43. The molecule has 0 aliphatic carbocycles. The van der Waals surface area contributed by atoms with Gasteiger partial charge < -0.3 is 0 Å². The van der Waals surface area contributed by atoms with Crippen LogP contribution >= 0.6 is 11.6 Å². The third kappa shape index (κ3) is 2.33. The van der Waals surface area contributed by atoms with Crippen LogP contribution < -0.4 is 0 Å². The fourth-order valence-electron chi connectivity index (χ4n) is 1.50. The van der Waals surface area contributed by atoms with Gasteiger partial charge in [-0.3, -0.25) is 0 Å². The van der Waals surface area contributed by atoms with Gasteiger partial charge in [-0.15, -0.1) is 11.6 Å². The largest absolute Gasteiger partial charge is 0.435 e. The molecular weight excluding hydrogens is 272 g/mol. The number of aromatic nitrogens is 2. The van der Waals surface area contributed by atoms with Gasteiger partial charge >= 0.3 is 6.18 Å². The van der Waals surface area contributed by atoms with E-state index in [9.17, 15) is 17.6 Å². The maximum atomic E-state index is 13.4. The van der Waals surface area contributed by atoms with Crippen LogP contribution in [0.1, 0.15) is 11.3 Å². The van der Waals surface area contributed by atoms with E-state index >= 15 is 0 Å². The van der Waals surface area contributed by atoms with Gasteiger partial charge in [0, 0.05) is 11.8 Å². The van der Waals surface area contributed by atoms with Gasteiger partial charge in [0.15, 0.2) is 5.69 Å². The zero-order valence-electron chi connectivity index (χ0n) is 8.88. The van der Waals surface area contributed by atoms with E-state index in [4.69, 9.17) is 11.6 Å². The van der Waals surface area contributed by atoms with Crippen molar-refractivity contribution in [2.45, 2.75) is 12.1 Å². The predicted molar refractivity (Wildman–Crippen MR) is 58.1 cm³/mol. The summed E-state index contributed by atoms with van der Waals surface area (Å²) in [6.45, 7) is 0. The smallest absolute Gasteiger partial charge is 0.240 e. The number of benzene rings is 1. The molecule has 1 heterocycles. The molecule has 0 radical (unpaired) electrons. The van der Waals surface area contributed by atoms with Crippen molar-refractivity contribution in [1.82, 2.24) is 9.78 Å². The zero-order valence-corrected chi connectivity index (χ0v) is 9.63. The second-order valence-corrected chi connectivity index (χ2v) is 3.78. The molecule has 1 aromatic carbocycles. The van der Waals surface area contributed by atoms with E-state index in [1.807, 2.05) is 0 Å². The molecule has 18 heavy (non-hydrogen) atoms. The third-order valence-corrected chi connectivity index (χ3v) is 2.62. The van der Waals surface area contributed by atoms with Crippen LogP contribution in [0.5, 0.6) is 0 Å². The molecule has 0 saturated carbocycles. The lowest BCUT2D eigenvalue weighted by molar-refractivity contribution is -0.141. The second-order valence-electron chi connectivity index (χ2n) is 3.51. The summed E-state index contributed by atoms with van der Waals surface area (Å²) in [4.78, 5) is 0. The van der Waals surface area contributed by atoms with Crippen molar-refractivity contribution in [3.05, 3.63) is 47.5 Å². The summed E-state index contributed by atoms with van der Waals surface area (Å²) in [5.41, 5.74) is -0.733. The summed E-state index contributed by atoms with van der Waals surface area (Å²) in [6, 6.07) is 4.85. The van der Waals surface area contributed by atoms with E-state index in [2.05, 4.69) is 5.10 Å². The van der Waals surface area contributed by atoms with Gasteiger partial charge in [0.2, 0.25) is 0 Å². The highest BCUT2D eigenvalue weighted by Crippen LogP contribution is 2.28. The molecule has 0 aliphatic rings. The molecule has 0 atom stereocenters. The van der Waals surface area contributed by atoms with Gasteiger partial charge in [-0.05, 0) is 18.2 Å². The van der Waals surface area contributed by atoms with E-state index < -0.39 is 17.7 Å². The fraction of sp³-hybridized carbons (Fsp3) is 0.182. The zero-order chi connectivity index (χ0) is 13.3. The number of hydrogen-bond acceptors (Lipinski definition) is 1. The van der Waals surface area contributed by atoms with Crippen molar-refractivity contribution in [2.75, 3.05) is 0 Å². The van der Waals surface area contributed by atoms with E-state index in [0.29, 0.717) is 0 Å². The molecule has 0 aliphatic heterocycles. The highest BCUT2D eigenvalue weighted by atomic mass is 35.5. The van der Waals surface area contributed by atoms with Crippen molar-refractivity contribution in [3.8, 4) is 5.69 Å². The minimum absolute atomic E-state index is 0.107. The van der Waals surface area contributed by atoms with Crippen molar-refractivity contribution in [3.63, 3.8) is 0 Å². The van der Waals surface area contributed by atoms with Gasteiger partial charge in [-0.2, -0.15) is 18.3 Å². The summed E-state index contributed by atoms with van der Waals surface area (Å²) in [7, 11) is 0. The Morgan fingerprint density at radius 3 is 2.50 bits per heavy atom. The molecule has 0 saturated heterocycles. The summed E-state index contributed by atoms with van der Waals surface area (Å²) in [5, 5.41) is 3.37. The molecule has 0 amide bonds. The molecule has 0 fully saturated rings. The van der Waals surface area contributed by atoms with Crippen LogP contribution in [0.3, 0.4) is 0 Å². The molecule has 1 aromatic heterocycles. The number of halogens is 5. The first kappa shape index (κ1) is 12.9. The quantitative estimate of drug-likeness (QED) is 0.604. The van der Waals surface area contributed by atoms with Crippen LogP contribution in [-0.4, -0.2) is 9.78 Å². The lowest BCUT2D eigenvalue weighted by atomic mass is 10.2. The van der Waals surface area contributed by atoms with E-state index in [0.717, 1.165) is 16.9 Å². The normalized spacial score (nSPS) is 11.8.